The molecule has 0 aliphatic carbocycles. The smallest absolute Gasteiger partial charge is 0.194 e. The van der Waals surface area contributed by atoms with Gasteiger partial charge in [0.1, 0.15) is 5.82 Å². The Balaban J connectivity index is 0.00000200. The molecule has 5 nitrogen and oxygen atoms in total. The average molecular weight is 389 g/mol. The second-order valence-electron chi connectivity index (χ2n) is 4.49. The van der Waals surface area contributed by atoms with E-state index in [0.717, 1.165) is 51.0 Å². The number of nitrogens with one attached hydrogen (secondary N) is 1. The van der Waals surface area contributed by atoms with Gasteiger partial charge in [-0.25, -0.2) is 4.98 Å². The summed E-state index contributed by atoms with van der Waals surface area (Å²) in [7, 11) is 0. The van der Waals surface area contributed by atoms with E-state index in [-0.39, 0.29) is 24.0 Å². The van der Waals surface area contributed by atoms with Gasteiger partial charge in [0.15, 0.2) is 5.96 Å². The maximum atomic E-state index is 4.53. The molecule has 0 bridgehead atoms. The Hall–Kier alpha value is -1.05. The van der Waals surface area contributed by atoms with Crippen molar-refractivity contribution in [1.29, 1.82) is 0 Å². The van der Waals surface area contributed by atoms with Crippen LogP contribution in [0.1, 0.15) is 13.8 Å². The highest BCUT2D eigenvalue weighted by molar-refractivity contribution is 14.0. The van der Waals surface area contributed by atoms with Crippen LogP contribution in [-0.2, 0) is 0 Å². The van der Waals surface area contributed by atoms with Crippen LogP contribution in [-0.4, -0.2) is 55.1 Å². The topological polar surface area (TPSA) is 43.8 Å². The fraction of sp³-hybridized carbons (Fsp3) is 0.571. The first-order valence-electron chi connectivity index (χ1n) is 7.04. The van der Waals surface area contributed by atoms with E-state index in [4.69, 9.17) is 0 Å². The molecular weight excluding hydrogens is 365 g/mol. The van der Waals surface area contributed by atoms with Gasteiger partial charge in [0.05, 0.1) is 0 Å². The molecule has 0 saturated carbocycles. The molecule has 2 heterocycles. The van der Waals surface area contributed by atoms with Crippen molar-refractivity contribution in [2.45, 2.75) is 13.8 Å². The molecule has 0 spiro atoms. The van der Waals surface area contributed by atoms with E-state index in [1.165, 1.54) is 0 Å². The minimum atomic E-state index is 0. The number of aromatic nitrogens is 1. The van der Waals surface area contributed by atoms with Crippen molar-refractivity contribution in [3.05, 3.63) is 24.4 Å². The molecule has 1 aromatic rings. The lowest BCUT2D eigenvalue weighted by atomic mass is 10.3. The number of aliphatic imine (C=N–C) groups is 1. The lowest BCUT2D eigenvalue weighted by Gasteiger charge is -2.37. The zero-order valence-corrected chi connectivity index (χ0v) is 14.6. The summed E-state index contributed by atoms with van der Waals surface area (Å²) in [6.07, 6.45) is 1.85. The number of guanidine groups is 1. The fourth-order valence-corrected chi connectivity index (χ4v) is 2.26. The second kappa shape index (κ2) is 8.99. The Kier molecular flexibility index (Phi) is 7.64. The minimum Gasteiger partial charge on any atom is -0.357 e. The number of pyridine rings is 1. The largest absolute Gasteiger partial charge is 0.357 e. The SMILES string of the molecule is CCN=C(NCC)N1CCN(c2ccccn2)CC1.I. The number of hydrogen-bond donors (Lipinski definition) is 1. The van der Waals surface area contributed by atoms with Gasteiger partial charge in [-0.05, 0) is 26.0 Å². The molecule has 2 rings (SSSR count). The van der Waals surface area contributed by atoms with E-state index in [1.54, 1.807) is 0 Å². The number of nitrogens with zero attached hydrogens (tertiary/aromatic N) is 4. The van der Waals surface area contributed by atoms with E-state index in [9.17, 15) is 0 Å². The van der Waals surface area contributed by atoms with Crippen LogP contribution in [0.5, 0.6) is 0 Å². The van der Waals surface area contributed by atoms with Crippen LogP contribution in [0.2, 0.25) is 0 Å². The molecule has 0 unspecified atom stereocenters. The van der Waals surface area contributed by atoms with Gasteiger partial charge in [0.2, 0.25) is 0 Å². The van der Waals surface area contributed by atoms with Gasteiger partial charge in [-0.3, -0.25) is 4.99 Å². The quantitative estimate of drug-likeness (QED) is 0.487. The lowest BCUT2D eigenvalue weighted by Crippen LogP contribution is -2.52. The van der Waals surface area contributed by atoms with Crippen LogP contribution < -0.4 is 10.2 Å². The summed E-state index contributed by atoms with van der Waals surface area (Å²) in [6, 6.07) is 6.06. The molecule has 0 amide bonds. The summed E-state index contributed by atoms with van der Waals surface area (Å²) in [4.78, 5) is 13.6. The summed E-state index contributed by atoms with van der Waals surface area (Å²) in [5.74, 6) is 2.10. The molecule has 1 N–H and O–H groups in total. The summed E-state index contributed by atoms with van der Waals surface area (Å²) in [5, 5.41) is 3.35. The molecule has 0 aromatic carbocycles. The van der Waals surface area contributed by atoms with Gasteiger partial charge in [0.25, 0.3) is 0 Å². The highest BCUT2D eigenvalue weighted by Gasteiger charge is 2.19. The van der Waals surface area contributed by atoms with Crippen molar-refractivity contribution in [1.82, 2.24) is 15.2 Å². The first kappa shape index (κ1) is 17.0. The van der Waals surface area contributed by atoms with Crippen LogP contribution in [0, 0.1) is 0 Å². The highest BCUT2D eigenvalue weighted by atomic mass is 127. The minimum absolute atomic E-state index is 0. The first-order chi connectivity index (χ1) is 9.35. The zero-order chi connectivity index (χ0) is 13.5. The number of rotatable bonds is 3. The number of anilines is 1. The van der Waals surface area contributed by atoms with Crippen LogP contribution in [0.25, 0.3) is 0 Å². The van der Waals surface area contributed by atoms with Crippen LogP contribution >= 0.6 is 24.0 Å². The Morgan fingerprint density at radius 2 is 2.00 bits per heavy atom. The molecule has 1 fully saturated rings. The summed E-state index contributed by atoms with van der Waals surface area (Å²) < 4.78 is 0. The van der Waals surface area contributed by atoms with Crippen molar-refractivity contribution in [2.24, 2.45) is 4.99 Å². The molecule has 20 heavy (non-hydrogen) atoms. The molecule has 112 valence electrons. The Morgan fingerprint density at radius 1 is 1.25 bits per heavy atom. The highest BCUT2D eigenvalue weighted by Crippen LogP contribution is 2.12. The third-order valence-corrected chi connectivity index (χ3v) is 3.20. The molecule has 1 saturated heterocycles. The normalized spacial score (nSPS) is 15.8. The molecular formula is C14H24IN5. The van der Waals surface area contributed by atoms with E-state index in [1.807, 2.05) is 18.3 Å². The monoisotopic (exact) mass is 389 g/mol. The summed E-state index contributed by atoms with van der Waals surface area (Å²) in [5.41, 5.74) is 0. The first-order valence-corrected chi connectivity index (χ1v) is 7.04. The maximum Gasteiger partial charge on any atom is 0.194 e. The van der Waals surface area contributed by atoms with Gasteiger partial charge in [-0.15, -0.1) is 24.0 Å². The van der Waals surface area contributed by atoms with Crippen molar-refractivity contribution in [2.75, 3.05) is 44.2 Å². The van der Waals surface area contributed by atoms with E-state index in [2.05, 4.69) is 45.0 Å². The van der Waals surface area contributed by atoms with Crippen molar-refractivity contribution in [3.8, 4) is 0 Å². The molecule has 0 radical (unpaired) electrons. The van der Waals surface area contributed by atoms with Gasteiger partial charge < -0.3 is 15.1 Å². The Labute approximate surface area is 138 Å². The van der Waals surface area contributed by atoms with Gasteiger partial charge >= 0.3 is 0 Å². The third-order valence-electron chi connectivity index (χ3n) is 3.20. The van der Waals surface area contributed by atoms with Gasteiger partial charge in [0, 0.05) is 45.5 Å². The summed E-state index contributed by atoms with van der Waals surface area (Å²) in [6.45, 7) is 9.87. The number of piperazine rings is 1. The Bertz CT molecular complexity index is 401. The number of halogens is 1. The van der Waals surface area contributed by atoms with Crippen LogP contribution in [0.4, 0.5) is 5.82 Å². The molecule has 0 atom stereocenters. The van der Waals surface area contributed by atoms with E-state index >= 15 is 0 Å². The third kappa shape index (κ3) is 4.50. The van der Waals surface area contributed by atoms with Gasteiger partial charge in [-0.2, -0.15) is 0 Å². The molecule has 1 aliphatic heterocycles. The molecule has 1 aliphatic rings. The molecule has 6 heteroatoms. The van der Waals surface area contributed by atoms with Gasteiger partial charge in [-0.1, -0.05) is 6.07 Å². The van der Waals surface area contributed by atoms with E-state index in [0.29, 0.717) is 0 Å². The van der Waals surface area contributed by atoms with Crippen molar-refractivity contribution >= 4 is 35.8 Å². The average Bonchev–Trinajstić information content (AvgIpc) is 2.48. The fourth-order valence-electron chi connectivity index (χ4n) is 2.26. The van der Waals surface area contributed by atoms with Crippen LogP contribution in [0.15, 0.2) is 29.4 Å². The molecule has 1 aromatic heterocycles. The predicted octanol–water partition coefficient (Wildman–Crippen LogP) is 1.81. The lowest BCUT2D eigenvalue weighted by molar-refractivity contribution is 0.372. The number of hydrogen-bond acceptors (Lipinski definition) is 3. The standard InChI is InChI=1S/C14H23N5.HI/c1-3-15-14(16-4-2)19-11-9-18(10-12-19)13-7-5-6-8-17-13;/h5-8H,3-4,9-12H2,1-2H3,(H,15,16);1H. The summed E-state index contributed by atoms with van der Waals surface area (Å²) >= 11 is 0. The zero-order valence-electron chi connectivity index (χ0n) is 12.2. The van der Waals surface area contributed by atoms with Crippen LogP contribution in [0.3, 0.4) is 0 Å². The van der Waals surface area contributed by atoms with Crippen molar-refractivity contribution in [3.63, 3.8) is 0 Å². The predicted molar refractivity (Wildman–Crippen MR) is 95.1 cm³/mol. The second-order valence-corrected chi connectivity index (χ2v) is 4.49. The van der Waals surface area contributed by atoms with Crippen molar-refractivity contribution < 1.29 is 0 Å². The van der Waals surface area contributed by atoms with E-state index < -0.39 is 0 Å². The Morgan fingerprint density at radius 3 is 2.55 bits per heavy atom. The maximum absolute atomic E-state index is 4.53.